The Morgan fingerprint density at radius 3 is 2.33 bits per heavy atom. The second kappa shape index (κ2) is 12.4. The fourth-order valence-electron chi connectivity index (χ4n) is 5.92. The minimum Gasteiger partial charge on any atom is -0.486 e. The first kappa shape index (κ1) is 30.3. The third-order valence-corrected chi connectivity index (χ3v) is 8.27. The maximum Gasteiger partial charge on any atom is 1.00 e. The predicted octanol–water partition coefficient (Wildman–Crippen LogP) is 0.968. The van der Waals surface area contributed by atoms with Crippen LogP contribution in [0.5, 0.6) is 5.75 Å². The van der Waals surface area contributed by atoms with Crippen LogP contribution >= 0.6 is 0 Å². The van der Waals surface area contributed by atoms with Gasteiger partial charge in [-0.05, 0) is 58.7 Å². The molecule has 2 N–H and O–H groups in total. The number of ketones is 1. The van der Waals surface area contributed by atoms with Crippen molar-refractivity contribution in [3.05, 3.63) is 102 Å². The number of aromatic nitrogens is 5. The molecule has 0 aliphatic carbocycles. The molecule has 1 fully saturated rings. The van der Waals surface area contributed by atoms with Crippen LogP contribution in [0.25, 0.3) is 33.6 Å². The average molecular weight is 608 g/mol. The molecule has 0 unspecified atom stereocenters. The van der Waals surface area contributed by atoms with Gasteiger partial charge in [0.05, 0.1) is 17.5 Å². The van der Waals surface area contributed by atoms with Crippen LogP contribution in [-0.4, -0.2) is 61.7 Å². The molecule has 218 valence electrons. The Morgan fingerprint density at radius 1 is 0.844 bits per heavy atom. The molecule has 0 bridgehead atoms. The fourth-order valence-corrected chi connectivity index (χ4v) is 5.92. The van der Waals surface area contributed by atoms with Gasteiger partial charge in [-0.1, -0.05) is 36.4 Å². The summed E-state index contributed by atoms with van der Waals surface area (Å²) < 4.78 is 6.48. The summed E-state index contributed by atoms with van der Waals surface area (Å²) in [5, 5.41) is 15.2. The molecule has 3 aromatic carbocycles. The van der Waals surface area contributed by atoms with E-state index in [4.69, 9.17) is 10.5 Å². The van der Waals surface area contributed by atoms with Crippen molar-refractivity contribution >= 4 is 17.6 Å². The maximum atomic E-state index is 13.8. The number of hydrogen-bond donors (Lipinski definition) is 1. The predicted molar refractivity (Wildman–Crippen MR) is 160 cm³/mol. The number of likely N-dealkylation sites (tertiary alicyclic amines) is 1. The van der Waals surface area contributed by atoms with E-state index in [1.54, 1.807) is 35.4 Å². The van der Waals surface area contributed by atoms with Crippen molar-refractivity contribution < 1.29 is 48.7 Å². The Morgan fingerprint density at radius 2 is 1.60 bits per heavy atom. The average Bonchev–Trinajstić information content (AvgIpc) is 3.60. The molecule has 11 nitrogen and oxygen atoms in total. The van der Waals surface area contributed by atoms with E-state index in [1.807, 2.05) is 48.5 Å². The van der Waals surface area contributed by atoms with Gasteiger partial charge in [0.1, 0.15) is 11.4 Å². The molecule has 4 heterocycles. The van der Waals surface area contributed by atoms with Crippen LogP contribution in [-0.2, 0) is 0 Å². The van der Waals surface area contributed by atoms with E-state index in [2.05, 4.69) is 25.6 Å². The molecule has 0 atom stereocenters. The number of amides is 2. The van der Waals surface area contributed by atoms with E-state index in [0.717, 1.165) is 16.7 Å². The Kier molecular flexibility index (Phi) is 8.32. The quantitative estimate of drug-likeness (QED) is 0.288. The first-order valence-electron chi connectivity index (χ1n) is 14.2. The van der Waals surface area contributed by atoms with Gasteiger partial charge in [0.2, 0.25) is 5.91 Å². The summed E-state index contributed by atoms with van der Waals surface area (Å²) in [5.41, 5.74) is 9.90. The van der Waals surface area contributed by atoms with Crippen LogP contribution in [0.3, 0.4) is 0 Å². The van der Waals surface area contributed by atoms with Crippen molar-refractivity contribution in [2.75, 3.05) is 13.1 Å². The summed E-state index contributed by atoms with van der Waals surface area (Å²) in [5.74, 6) is 0.149. The summed E-state index contributed by atoms with van der Waals surface area (Å²) in [7, 11) is 0. The molecular weight excluding hydrogens is 581 g/mol. The van der Waals surface area contributed by atoms with E-state index < -0.39 is 11.5 Å². The van der Waals surface area contributed by atoms with E-state index in [9.17, 15) is 14.4 Å². The van der Waals surface area contributed by atoms with Gasteiger partial charge in [0, 0.05) is 55.3 Å². The molecule has 1 spiro atoms. The summed E-state index contributed by atoms with van der Waals surface area (Å²) in [6, 6.07) is 22.4. The number of hydrogen-bond acceptors (Lipinski definition) is 8. The molecule has 45 heavy (non-hydrogen) atoms. The maximum absolute atomic E-state index is 13.8. The van der Waals surface area contributed by atoms with E-state index in [-0.39, 0.29) is 47.7 Å². The summed E-state index contributed by atoms with van der Waals surface area (Å²) in [6.45, 7) is 0.873. The summed E-state index contributed by atoms with van der Waals surface area (Å²) in [6.07, 6.45) is 4.27. The molecule has 7 rings (SSSR count). The molecule has 1 saturated heterocycles. The van der Waals surface area contributed by atoms with Crippen LogP contribution in [0.2, 0.25) is 0 Å². The Labute approximate surface area is 280 Å². The first-order valence-corrected chi connectivity index (χ1v) is 14.2. The smallest absolute Gasteiger partial charge is 0.486 e. The number of carbonyl (C=O) groups is 3. The number of piperidine rings is 1. The first-order chi connectivity index (χ1) is 21.4. The van der Waals surface area contributed by atoms with Crippen molar-refractivity contribution in [2.24, 2.45) is 5.73 Å². The monoisotopic (exact) mass is 607 g/mol. The van der Waals surface area contributed by atoms with Crippen LogP contribution < -0.4 is 45.1 Å². The molecule has 0 radical (unpaired) electrons. The molecule has 0 saturated carbocycles. The van der Waals surface area contributed by atoms with Crippen LogP contribution in [0.1, 0.15) is 50.3 Å². The minimum atomic E-state index is -0.687. The number of nitrogens with zero attached hydrogens (tertiary/aromatic N) is 6. The number of rotatable bonds is 5. The second-order valence-electron chi connectivity index (χ2n) is 11.1. The fraction of sp³-hybridized carbons (Fsp3) is 0.182. The van der Waals surface area contributed by atoms with Crippen LogP contribution in [0.4, 0.5) is 0 Å². The number of tetrazole rings is 1. The van der Waals surface area contributed by atoms with Gasteiger partial charge in [-0.2, -0.15) is 5.21 Å². The van der Waals surface area contributed by atoms with Crippen LogP contribution in [0.15, 0.2) is 85.2 Å². The number of benzene rings is 3. The normalized spacial score (nSPS) is 15.1. The molecule has 2 aliphatic rings. The van der Waals surface area contributed by atoms with E-state index in [1.165, 1.54) is 6.20 Å². The van der Waals surface area contributed by atoms with Crippen molar-refractivity contribution in [1.29, 1.82) is 0 Å². The number of fused-ring (bicyclic) bond motifs is 1. The number of pyridine rings is 1. The second-order valence-corrected chi connectivity index (χ2v) is 11.1. The number of primary amides is 1. The number of nitrogens with two attached hydrogens (primary N) is 1. The van der Waals surface area contributed by atoms with Crippen molar-refractivity contribution in [3.8, 4) is 39.4 Å². The number of ether oxygens (including phenoxy) is 1. The Bertz CT molecular complexity index is 1910. The molecule has 2 amide bonds. The minimum absolute atomic E-state index is 0. The van der Waals surface area contributed by atoms with Gasteiger partial charge in [0.25, 0.3) is 5.91 Å². The molecular formula is C33H26N7NaO4. The third-order valence-electron chi connectivity index (χ3n) is 8.27. The molecule has 2 aromatic heterocycles. The van der Waals surface area contributed by atoms with Gasteiger partial charge in [-0.15, -0.1) is 0 Å². The van der Waals surface area contributed by atoms with E-state index >= 15 is 0 Å². The van der Waals surface area contributed by atoms with E-state index in [0.29, 0.717) is 65.3 Å². The zero-order valence-electron chi connectivity index (χ0n) is 24.5. The topological polar surface area (TPSA) is 155 Å². The molecule has 5 aromatic rings. The zero-order chi connectivity index (χ0) is 30.3. The molecule has 2 aliphatic heterocycles. The van der Waals surface area contributed by atoms with Gasteiger partial charge >= 0.3 is 29.6 Å². The Balaban J connectivity index is 0.00000357. The van der Waals surface area contributed by atoms with Gasteiger partial charge in [0.15, 0.2) is 5.78 Å². The van der Waals surface area contributed by atoms with Crippen molar-refractivity contribution in [1.82, 2.24) is 30.5 Å². The standard InChI is InChI=1S/C33H27N7O4.Na/c34-30(42)26-15-25(18-35-19-26)21-6-7-29-27(16-21)28(41)17-33(44-29)8-10-40(11-9-33)32(43)24-13-22(20-4-2-1-3-5-20)12-23(14-24)31-36-38-39-37-31;/h1-7,12-16,18-19H,8-11,17H2,(H3,34,36,37,38,39,42);/q;+1/p-1. The van der Waals surface area contributed by atoms with Gasteiger partial charge in [-0.25, -0.2) is 0 Å². The third kappa shape index (κ3) is 6.02. The SMILES string of the molecule is NC(=O)c1cncc(-c2ccc3c(c2)C(=O)CC2(CCN(C(=O)c4cc(-c5ccccc5)cc(-c5nnn[n-]5)c4)CC2)O3)c1.[Na+]. The van der Waals surface area contributed by atoms with Gasteiger partial charge < -0.3 is 20.5 Å². The Hall–Kier alpha value is -4.71. The summed E-state index contributed by atoms with van der Waals surface area (Å²) >= 11 is 0. The van der Waals surface area contributed by atoms with Crippen LogP contribution in [0, 0.1) is 0 Å². The largest absolute Gasteiger partial charge is 1.00 e. The van der Waals surface area contributed by atoms with Crippen molar-refractivity contribution in [3.63, 3.8) is 0 Å². The number of carbonyl (C=O) groups excluding carboxylic acids is 3. The zero-order valence-corrected chi connectivity index (χ0v) is 26.5. The van der Waals surface area contributed by atoms with Gasteiger partial charge in [-0.3, -0.25) is 29.7 Å². The summed E-state index contributed by atoms with van der Waals surface area (Å²) in [4.78, 5) is 44.7. The van der Waals surface area contributed by atoms with Crippen molar-refractivity contribution in [2.45, 2.75) is 24.9 Å². The molecule has 12 heteroatoms. The number of Topliss-reactive ketones (excluding diaryl/α,β-unsaturated/α-hetero) is 1.